The van der Waals surface area contributed by atoms with Gasteiger partial charge in [0.25, 0.3) is 0 Å². The molecule has 1 aromatic carbocycles. The molecule has 2 rings (SSSR count). The number of pyridine rings is 1. The van der Waals surface area contributed by atoms with Crippen LogP contribution in [0.25, 0.3) is 0 Å². The fourth-order valence-electron chi connectivity index (χ4n) is 2.10. The molecule has 0 saturated carbocycles. The number of hydrogen-bond donors (Lipinski definition) is 2. The van der Waals surface area contributed by atoms with Gasteiger partial charge in [0.05, 0.1) is 6.21 Å². The summed E-state index contributed by atoms with van der Waals surface area (Å²) in [5, 5.41) is 6.54. The van der Waals surface area contributed by atoms with Gasteiger partial charge in [-0.25, -0.2) is 5.43 Å². The Morgan fingerprint density at radius 1 is 1.16 bits per heavy atom. The molecule has 6 nitrogen and oxygen atoms in total. The fourth-order valence-corrected chi connectivity index (χ4v) is 2.10. The normalized spacial score (nSPS) is 10.8. The Hall–Kier alpha value is -3.02. The molecular formula is C19H22N4O2. The zero-order chi connectivity index (χ0) is 18.1. The van der Waals surface area contributed by atoms with Crippen LogP contribution in [0.1, 0.15) is 42.9 Å². The van der Waals surface area contributed by atoms with Crippen LogP contribution < -0.4 is 10.7 Å². The lowest BCUT2D eigenvalue weighted by molar-refractivity contribution is -0.129. The van der Waals surface area contributed by atoms with E-state index >= 15 is 0 Å². The lowest BCUT2D eigenvalue weighted by Gasteiger charge is -2.05. The van der Waals surface area contributed by atoms with Crippen molar-refractivity contribution in [3.8, 4) is 0 Å². The topological polar surface area (TPSA) is 83.5 Å². The van der Waals surface area contributed by atoms with E-state index in [1.807, 2.05) is 30.3 Å². The molecule has 0 aliphatic heterocycles. The highest BCUT2D eigenvalue weighted by Gasteiger charge is 2.08. The molecule has 2 amide bonds. The predicted octanol–water partition coefficient (Wildman–Crippen LogP) is 2.36. The molecule has 2 N–H and O–H groups in total. The first-order chi connectivity index (χ1) is 12.0. The van der Waals surface area contributed by atoms with Crippen molar-refractivity contribution in [2.45, 2.75) is 32.7 Å². The summed E-state index contributed by atoms with van der Waals surface area (Å²) >= 11 is 0. The van der Waals surface area contributed by atoms with Crippen molar-refractivity contribution in [2.24, 2.45) is 5.10 Å². The molecule has 0 aliphatic rings. The number of carbonyl (C=O) groups is 2. The maximum absolute atomic E-state index is 11.7. The third-order valence-electron chi connectivity index (χ3n) is 3.54. The fraction of sp³-hybridized carbons (Fsp3) is 0.263. The van der Waals surface area contributed by atoms with Gasteiger partial charge in [-0.15, -0.1) is 0 Å². The number of nitrogens with zero attached hydrogens (tertiary/aromatic N) is 2. The van der Waals surface area contributed by atoms with Gasteiger partial charge in [0.1, 0.15) is 6.42 Å². The summed E-state index contributed by atoms with van der Waals surface area (Å²) in [6.07, 6.45) is 4.60. The Balaban J connectivity index is 1.73. The summed E-state index contributed by atoms with van der Waals surface area (Å²) in [6, 6.07) is 11.6. The SMILES string of the molecule is CC(C)c1ccc(/C=N\NC(=O)CC(=O)NCc2cccnc2)cc1. The van der Waals surface area contributed by atoms with Gasteiger partial charge in [-0.3, -0.25) is 14.6 Å². The van der Waals surface area contributed by atoms with Crippen LogP contribution in [0.15, 0.2) is 53.9 Å². The van der Waals surface area contributed by atoms with Gasteiger partial charge < -0.3 is 5.32 Å². The minimum Gasteiger partial charge on any atom is -0.352 e. The summed E-state index contributed by atoms with van der Waals surface area (Å²) in [6.45, 7) is 4.59. The molecule has 0 bridgehead atoms. The molecule has 130 valence electrons. The van der Waals surface area contributed by atoms with Crippen molar-refractivity contribution in [1.29, 1.82) is 0 Å². The van der Waals surface area contributed by atoms with Gasteiger partial charge in [-0.2, -0.15) is 5.10 Å². The van der Waals surface area contributed by atoms with E-state index < -0.39 is 5.91 Å². The Morgan fingerprint density at radius 3 is 2.56 bits per heavy atom. The van der Waals surface area contributed by atoms with Crippen LogP contribution in [-0.2, 0) is 16.1 Å². The number of amides is 2. The minimum absolute atomic E-state index is 0.274. The predicted molar refractivity (Wildman–Crippen MR) is 97.0 cm³/mol. The molecule has 0 saturated heterocycles. The molecular weight excluding hydrogens is 316 g/mol. The summed E-state index contributed by atoms with van der Waals surface area (Å²) in [5.41, 5.74) is 5.35. The monoisotopic (exact) mass is 338 g/mol. The Labute approximate surface area is 147 Å². The first kappa shape index (κ1) is 18.3. The quantitative estimate of drug-likeness (QED) is 0.462. The van der Waals surface area contributed by atoms with E-state index in [2.05, 4.69) is 34.7 Å². The number of rotatable bonds is 7. The standard InChI is InChI=1S/C19H22N4O2/c1-14(2)17-7-5-15(6-8-17)13-22-23-19(25)10-18(24)21-12-16-4-3-9-20-11-16/h3-9,11,13-14H,10,12H2,1-2H3,(H,21,24)(H,23,25)/b22-13-. The van der Waals surface area contributed by atoms with Crippen LogP contribution >= 0.6 is 0 Å². The van der Waals surface area contributed by atoms with E-state index in [9.17, 15) is 9.59 Å². The van der Waals surface area contributed by atoms with E-state index in [4.69, 9.17) is 0 Å². The van der Waals surface area contributed by atoms with E-state index in [-0.39, 0.29) is 12.3 Å². The van der Waals surface area contributed by atoms with Crippen molar-refractivity contribution in [2.75, 3.05) is 0 Å². The van der Waals surface area contributed by atoms with Gasteiger partial charge in [0.2, 0.25) is 11.8 Å². The highest BCUT2D eigenvalue weighted by atomic mass is 16.2. The Morgan fingerprint density at radius 2 is 1.92 bits per heavy atom. The minimum atomic E-state index is -0.460. The van der Waals surface area contributed by atoms with E-state index in [0.717, 1.165) is 11.1 Å². The summed E-state index contributed by atoms with van der Waals surface area (Å²) < 4.78 is 0. The third-order valence-corrected chi connectivity index (χ3v) is 3.54. The van der Waals surface area contributed by atoms with Crippen molar-refractivity contribution < 1.29 is 9.59 Å². The van der Waals surface area contributed by atoms with Gasteiger partial charge in [0, 0.05) is 18.9 Å². The van der Waals surface area contributed by atoms with Crippen molar-refractivity contribution >= 4 is 18.0 Å². The maximum atomic E-state index is 11.7. The lowest BCUT2D eigenvalue weighted by atomic mass is 10.0. The summed E-state index contributed by atoms with van der Waals surface area (Å²) in [4.78, 5) is 27.4. The van der Waals surface area contributed by atoms with Crippen LogP contribution in [0.3, 0.4) is 0 Å². The smallest absolute Gasteiger partial charge is 0.249 e. The van der Waals surface area contributed by atoms with Gasteiger partial charge >= 0.3 is 0 Å². The van der Waals surface area contributed by atoms with E-state index in [1.165, 1.54) is 5.56 Å². The van der Waals surface area contributed by atoms with Gasteiger partial charge in [-0.05, 0) is 28.7 Å². The van der Waals surface area contributed by atoms with Crippen LogP contribution in [0.4, 0.5) is 0 Å². The second-order valence-electron chi connectivity index (χ2n) is 5.93. The zero-order valence-corrected chi connectivity index (χ0v) is 14.4. The highest BCUT2D eigenvalue weighted by Crippen LogP contribution is 2.13. The largest absolute Gasteiger partial charge is 0.352 e. The first-order valence-corrected chi connectivity index (χ1v) is 8.12. The van der Waals surface area contributed by atoms with Crippen LogP contribution in [-0.4, -0.2) is 23.0 Å². The molecule has 1 heterocycles. The molecule has 6 heteroatoms. The van der Waals surface area contributed by atoms with Crippen LogP contribution in [0.5, 0.6) is 0 Å². The molecule has 25 heavy (non-hydrogen) atoms. The number of hydrogen-bond acceptors (Lipinski definition) is 4. The second kappa shape index (κ2) is 9.32. The van der Waals surface area contributed by atoms with E-state index in [0.29, 0.717) is 12.5 Å². The zero-order valence-electron chi connectivity index (χ0n) is 14.4. The number of hydrazone groups is 1. The van der Waals surface area contributed by atoms with Crippen LogP contribution in [0, 0.1) is 0 Å². The number of nitrogens with one attached hydrogen (secondary N) is 2. The molecule has 0 radical (unpaired) electrons. The molecule has 1 aromatic heterocycles. The molecule has 0 fully saturated rings. The molecule has 0 unspecified atom stereocenters. The first-order valence-electron chi connectivity index (χ1n) is 8.12. The molecule has 0 spiro atoms. The van der Waals surface area contributed by atoms with Gasteiger partial charge in [0.15, 0.2) is 0 Å². The Bertz CT molecular complexity index is 725. The number of benzene rings is 1. The number of aromatic nitrogens is 1. The van der Waals surface area contributed by atoms with Crippen molar-refractivity contribution in [3.63, 3.8) is 0 Å². The molecule has 0 aliphatic carbocycles. The van der Waals surface area contributed by atoms with Crippen molar-refractivity contribution in [3.05, 3.63) is 65.5 Å². The number of carbonyl (C=O) groups excluding carboxylic acids is 2. The average molecular weight is 338 g/mol. The maximum Gasteiger partial charge on any atom is 0.249 e. The summed E-state index contributed by atoms with van der Waals surface area (Å²) in [7, 11) is 0. The summed E-state index contributed by atoms with van der Waals surface area (Å²) in [5.74, 6) is -0.354. The van der Waals surface area contributed by atoms with E-state index in [1.54, 1.807) is 24.7 Å². The van der Waals surface area contributed by atoms with Crippen LogP contribution in [0.2, 0.25) is 0 Å². The molecule has 2 aromatic rings. The average Bonchev–Trinajstić information content (AvgIpc) is 2.61. The molecule has 0 atom stereocenters. The third kappa shape index (κ3) is 6.55. The highest BCUT2D eigenvalue weighted by molar-refractivity contribution is 5.97. The second-order valence-corrected chi connectivity index (χ2v) is 5.93. The Kier molecular flexibility index (Phi) is 6.83. The van der Waals surface area contributed by atoms with Crippen molar-refractivity contribution in [1.82, 2.24) is 15.7 Å². The van der Waals surface area contributed by atoms with Gasteiger partial charge in [-0.1, -0.05) is 44.2 Å². The lowest BCUT2D eigenvalue weighted by Crippen LogP contribution is -2.29.